The van der Waals surface area contributed by atoms with Crippen LogP contribution in [-0.2, 0) is 0 Å². The summed E-state index contributed by atoms with van der Waals surface area (Å²) in [7, 11) is 3.06. The van der Waals surface area contributed by atoms with Gasteiger partial charge in [-0.25, -0.2) is 0 Å². The third-order valence-electron chi connectivity index (χ3n) is 4.35. The number of carbonyl (C=O) groups is 1. The van der Waals surface area contributed by atoms with Gasteiger partial charge in [-0.15, -0.1) is 0 Å². The van der Waals surface area contributed by atoms with E-state index in [4.69, 9.17) is 9.47 Å². The Labute approximate surface area is 170 Å². The van der Waals surface area contributed by atoms with Crippen LogP contribution in [0.4, 0.5) is 4.39 Å². The Balaban J connectivity index is 2.21. The average Bonchev–Trinajstić information content (AvgIpc) is 2.71. The second-order valence-electron chi connectivity index (χ2n) is 6.10. The normalized spacial score (nSPS) is 10.8. The van der Waals surface area contributed by atoms with Gasteiger partial charge in [0.15, 0.2) is 0 Å². The molecule has 1 aromatic heterocycles. The van der Waals surface area contributed by atoms with Crippen molar-refractivity contribution in [3.05, 3.63) is 41.8 Å². The average molecular weight is 445 g/mol. The predicted molar refractivity (Wildman–Crippen MR) is 109 cm³/mol. The molecular weight excluding hydrogens is 424 g/mol. The van der Waals surface area contributed by atoms with E-state index in [-0.39, 0.29) is 17.2 Å². The molecule has 2 aromatic carbocycles. The van der Waals surface area contributed by atoms with Gasteiger partial charge in [0.05, 0.1) is 0 Å². The second-order valence-corrected chi connectivity index (χ2v) is 7.31. The molecule has 0 aliphatic rings. The van der Waals surface area contributed by atoms with E-state index >= 15 is 0 Å². The summed E-state index contributed by atoms with van der Waals surface area (Å²) in [5.74, 6) is 0.339. The fourth-order valence-electron chi connectivity index (χ4n) is 2.92. The van der Waals surface area contributed by atoms with Crippen LogP contribution in [-0.4, -0.2) is 53.7 Å². The van der Waals surface area contributed by atoms with Crippen LogP contribution in [0.2, 0.25) is 0 Å². The number of hydrogen-bond acceptors (Lipinski definition) is 5. The molecule has 1 N–H and O–H groups in total. The van der Waals surface area contributed by atoms with Gasteiger partial charge < -0.3 is 0 Å². The van der Waals surface area contributed by atoms with Crippen molar-refractivity contribution in [2.45, 2.75) is 13.3 Å². The molecule has 0 aliphatic heterocycles. The van der Waals surface area contributed by atoms with Crippen LogP contribution in [0.15, 0.2) is 30.3 Å². The topological polar surface area (TPSA) is 73.3 Å². The van der Waals surface area contributed by atoms with E-state index in [1.807, 2.05) is 6.92 Å². The summed E-state index contributed by atoms with van der Waals surface area (Å²) in [4.78, 5) is 12.3. The fraction of sp³-hybridized carbons (Fsp3) is 0.250. The molecule has 0 saturated carbocycles. The van der Waals surface area contributed by atoms with E-state index in [1.165, 1.54) is 30.0 Å². The van der Waals surface area contributed by atoms with Crippen LogP contribution in [0, 0.1) is 5.82 Å². The Morgan fingerprint density at radius 1 is 1.18 bits per heavy atom. The number of hydrogen-bond donors (Lipinski definition) is 1. The Bertz CT molecular complexity index is 1040. The molecule has 8 heteroatoms. The molecular formula is C20H21AsFN3O3. The second kappa shape index (κ2) is 8.57. The fourth-order valence-corrected chi connectivity index (χ4v) is 3.81. The molecule has 3 rings (SSSR count). The zero-order chi connectivity index (χ0) is 20.3. The third kappa shape index (κ3) is 3.67. The predicted octanol–water partition coefficient (Wildman–Crippen LogP) is 1.85. The Kier molecular flexibility index (Phi) is 6.14. The van der Waals surface area contributed by atoms with Gasteiger partial charge in [-0.2, -0.15) is 0 Å². The molecule has 1 atom stereocenters. The van der Waals surface area contributed by atoms with Gasteiger partial charge in [-0.05, 0) is 0 Å². The molecule has 0 bridgehead atoms. The summed E-state index contributed by atoms with van der Waals surface area (Å²) in [6, 6.07) is 8.14. The van der Waals surface area contributed by atoms with Crippen LogP contribution < -0.4 is 19.1 Å². The van der Waals surface area contributed by atoms with Crippen molar-refractivity contribution in [3.8, 4) is 22.6 Å². The zero-order valence-corrected chi connectivity index (χ0v) is 18.3. The number of rotatable bonds is 6. The number of nitrogens with one attached hydrogen (secondary N) is 1. The van der Waals surface area contributed by atoms with Crippen LogP contribution in [0.1, 0.15) is 23.8 Å². The summed E-state index contributed by atoms with van der Waals surface area (Å²) in [6.07, 6.45) is 0.823. The van der Waals surface area contributed by atoms with Gasteiger partial charge in [0.25, 0.3) is 0 Å². The van der Waals surface area contributed by atoms with Gasteiger partial charge in [0.1, 0.15) is 0 Å². The summed E-state index contributed by atoms with van der Waals surface area (Å²) in [6.45, 7) is 2.53. The van der Waals surface area contributed by atoms with Crippen molar-refractivity contribution in [2.75, 3.05) is 20.8 Å². The Morgan fingerprint density at radius 3 is 2.64 bits per heavy atom. The van der Waals surface area contributed by atoms with Gasteiger partial charge in [0.2, 0.25) is 0 Å². The first-order valence-corrected chi connectivity index (χ1v) is 9.97. The number of halogens is 1. The van der Waals surface area contributed by atoms with Crippen molar-refractivity contribution in [1.82, 2.24) is 15.5 Å². The molecule has 0 aliphatic carbocycles. The molecule has 28 heavy (non-hydrogen) atoms. The number of ether oxygens (including phenoxy) is 2. The summed E-state index contributed by atoms with van der Waals surface area (Å²) >= 11 is 1.23. The molecule has 6 nitrogen and oxygen atoms in total. The first-order chi connectivity index (χ1) is 13.5. The van der Waals surface area contributed by atoms with E-state index in [9.17, 15) is 9.18 Å². The minimum atomic E-state index is -0.444. The first-order valence-electron chi connectivity index (χ1n) is 8.76. The number of nitrogens with zero attached hydrogens (tertiary/aromatic N) is 2. The first kappa shape index (κ1) is 20.1. The van der Waals surface area contributed by atoms with Crippen molar-refractivity contribution in [1.29, 1.82) is 0 Å². The number of benzene rings is 2. The van der Waals surface area contributed by atoms with E-state index in [2.05, 4.69) is 15.5 Å². The van der Waals surface area contributed by atoms with Crippen molar-refractivity contribution < 1.29 is 18.7 Å². The maximum atomic E-state index is 14.8. The number of amides is 1. The Morgan fingerprint density at radius 2 is 1.96 bits per heavy atom. The quantitative estimate of drug-likeness (QED) is 0.587. The maximum absolute atomic E-state index is 14.8. The zero-order valence-electron chi connectivity index (χ0n) is 15.9. The van der Waals surface area contributed by atoms with Crippen molar-refractivity contribution >= 4 is 38.0 Å². The van der Waals surface area contributed by atoms with E-state index < -0.39 is 5.82 Å². The molecule has 146 valence electrons. The van der Waals surface area contributed by atoms with Crippen LogP contribution in [0.5, 0.6) is 11.5 Å². The van der Waals surface area contributed by atoms with E-state index in [1.54, 1.807) is 31.4 Å². The number of fused-ring (bicyclic) bond motifs is 1. The standard InChI is InChI=1S/C20H21AsFN3O3/c1-4-9-23-20(26)19-17(21)13-7-8-14(22)16(18(13)24-25-19)12-6-5-11(27-2)10-15(12)28-3/h5-8,10H,4,9,21H2,1-3H3,(H,23,26). The number of aromatic nitrogens is 2. The van der Waals surface area contributed by atoms with Crippen molar-refractivity contribution in [3.63, 3.8) is 0 Å². The summed E-state index contributed by atoms with van der Waals surface area (Å²) in [5, 5.41) is 11.8. The van der Waals surface area contributed by atoms with Crippen LogP contribution in [0.3, 0.4) is 0 Å². The number of methoxy groups -OCH3 is 2. The molecule has 0 spiro atoms. The SMILES string of the molecule is CCCNC(=O)c1nnc2c(-c3ccc(OC)cc3OC)c(F)ccc2c1[AsH2]. The minimum absolute atomic E-state index is 0.264. The van der Waals surface area contributed by atoms with E-state index in [0.717, 1.165) is 6.42 Å². The summed E-state index contributed by atoms with van der Waals surface area (Å²) in [5.41, 5.74) is 1.47. The summed E-state index contributed by atoms with van der Waals surface area (Å²) < 4.78 is 26.2. The molecule has 1 unspecified atom stereocenters. The van der Waals surface area contributed by atoms with Gasteiger partial charge in [0, 0.05) is 0 Å². The van der Waals surface area contributed by atoms with Crippen LogP contribution >= 0.6 is 0 Å². The molecule has 1 amide bonds. The molecule has 0 radical (unpaired) electrons. The van der Waals surface area contributed by atoms with Crippen LogP contribution in [0.25, 0.3) is 22.0 Å². The molecule has 0 fully saturated rings. The van der Waals surface area contributed by atoms with Crippen molar-refractivity contribution in [2.24, 2.45) is 0 Å². The Hall–Kier alpha value is -2.66. The molecule has 3 aromatic rings. The monoisotopic (exact) mass is 445 g/mol. The van der Waals surface area contributed by atoms with Gasteiger partial charge in [-0.1, -0.05) is 0 Å². The molecule has 0 saturated heterocycles. The molecule has 1 heterocycles. The third-order valence-corrected chi connectivity index (χ3v) is 5.58. The van der Waals surface area contributed by atoms with Gasteiger partial charge >= 0.3 is 171 Å². The van der Waals surface area contributed by atoms with E-state index in [0.29, 0.717) is 38.9 Å². The number of carbonyl (C=O) groups excluding carboxylic acids is 1. The van der Waals surface area contributed by atoms with Gasteiger partial charge in [-0.3, -0.25) is 0 Å².